The SMILES string of the molecule is CC(C)C[C@H](NC(=O)[C@H](CC(C)C)NC(=O)[C@H](Cc1ccc(O)cc1)NC(=O)CNC(=O)CN)C(=O)NCC(=O)O. The molecule has 228 valence electrons. The lowest BCUT2D eigenvalue weighted by Gasteiger charge is -2.27. The van der Waals surface area contributed by atoms with Crippen molar-refractivity contribution in [1.82, 2.24) is 26.6 Å². The van der Waals surface area contributed by atoms with Gasteiger partial charge in [0.1, 0.15) is 30.4 Å². The van der Waals surface area contributed by atoms with E-state index in [1.807, 2.05) is 27.7 Å². The molecule has 3 atom stereocenters. The molecule has 41 heavy (non-hydrogen) atoms. The molecule has 0 bridgehead atoms. The highest BCUT2D eigenvalue weighted by Crippen LogP contribution is 2.13. The number of phenolic OH excluding ortho intramolecular Hbond substituents is 1. The summed E-state index contributed by atoms with van der Waals surface area (Å²) in [5, 5.41) is 30.9. The summed E-state index contributed by atoms with van der Waals surface area (Å²) in [6.07, 6.45) is 0.440. The lowest BCUT2D eigenvalue weighted by atomic mass is 9.99. The first-order valence-corrected chi connectivity index (χ1v) is 13.4. The molecule has 14 heteroatoms. The summed E-state index contributed by atoms with van der Waals surface area (Å²) in [6, 6.07) is 2.72. The molecule has 0 fully saturated rings. The van der Waals surface area contributed by atoms with Gasteiger partial charge in [0.15, 0.2) is 0 Å². The van der Waals surface area contributed by atoms with E-state index in [1.165, 1.54) is 12.1 Å². The Bertz CT molecular complexity index is 1060. The number of nitrogens with two attached hydrogens (primary N) is 1. The Labute approximate surface area is 239 Å². The third kappa shape index (κ3) is 14.1. The maximum atomic E-state index is 13.4. The summed E-state index contributed by atoms with van der Waals surface area (Å²) in [7, 11) is 0. The Morgan fingerprint density at radius 2 is 1.22 bits per heavy atom. The number of carboxylic acid groups (broad SMARTS) is 1. The van der Waals surface area contributed by atoms with Gasteiger partial charge in [-0.1, -0.05) is 39.8 Å². The number of hydrogen-bond acceptors (Lipinski definition) is 8. The van der Waals surface area contributed by atoms with E-state index in [0.29, 0.717) is 5.56 Å². The zero-order valence-electron chi connectivity index (χ0n) is 23.9. The van der Waals surface area contributed by atoms with E-state index < -0.39 is 66.7 Å². The minimum Gasteiger partial charge on any atom is -0.508 e. The second kappa shape index (κ2) is 17.5. The molecule has 0 aliphatic carbocycles. The molecule has 0 saturated heterocycles. The number of carbonyl (C=O) groups is 6. The van der Waals surface area contributed by atoms with E-state index >= 15 is 0 Å². The van der Waals surface area contributed by atoms with E-state index in [4.69, 9.17) is 10.8 Å². The lowest BCUT2D eigenvalue weighted by molar-refractivity contribution is -0.138. The van der Waals surface area contributed by atoms with E-state index in [2.05, 4.69) is 26.6 Å². The summed E-state index contributed by atoms with van der Waals surface area (Å²) in [4.78, 5) is 74.1. The fraction of sp³-hybridized carbons (Fsp3) is 0.556. The zero-order valence-corrected chi connectivity index (χ0v) is 23.9. The van der Waals surface area contributed by atoms with E-state index in [0.717, 1.165) is 0 Å². The standard InChI is InChI=1S/C27H42N6O8/c1-15(2)9-19(25(39)30-14-24(37)38)32-26(40)20(10-16(3)4)33-27(41)21(11-17-5-7-18(34)8-6-17)31-23(36)13-29-22(35)12-28/h5-8,15-16,19-21,34H,9-14,28H2,1-4H3,(H,29,35)(H,30,39)(H,31,36)(H,32,40)(H,33,41)(H,37,38)/t19-,20-,21-/m0/s1. The number of aromatic hydroxyl groups is 1. The van der Waals surface area contributed by atoms with Gasteiger partial charge in [-0.25, -0.2) is 0 Å². The quantitative estimate of drug-likeness (QED) is 0.110. The van der Waals surface area contributed by atoms with Crippen molar-refractivity contribution in [2.24, 2.45) is 17.6 Å². The lowest BCUT2D eigenvalue weighted by Crippen LogP contribution is -2.58. The van der Waals surface area contributed by atoms with Crippen LogP contribution in [-0.4, -0.2) is 83.5 Å². The Morgan fingerprint density at radius 3 is 1.71 bits per heavy atom. The first-order chi connectivity index (χ1) is 19.2. The highest BCUT2D eigenvalue weighted by Gasteiger charge is 2.30. The molecule has 0 unspecified atom stereocenters. The summed E-state index contributed by atoms with van der Waals surface area (Å²) >= 11 is 0. The molecule has 0 aliphatic rings. The number of carbonyl (C=O) groups excluding carboxylic acids is 5. The summed E-state index contributed by atoms with van der Waals surface area (Å²) in [5.74, 6) is -4.50. The van der Waals surface area contributed by atoms with E-state index in [9.17, 15) is 33.9 Å². The highest BCUT2D eigenvalue weighted by molar-refractivity contribution is 5.95. The van der Waals surface area contributed by atoms with Gasteiger partial charge in [-0.3, -0.25) is 28.8 Å². The minimum atomic E-state index is -1.23. The molecule has 0 spiro atoms. The van der Waals surface area contributed by atoms with Gasteiger partial charge in [0.2, 0.25) is 29.5 Å². The number of hydrogen-bond donors (Lipinski definition) is 8. The largest absolute Gasteiger partial charge is 0.508 e. The first-order valence-electron chi connectivity index (χ1n) is 13.4. The molecule has 0 radical (unpaired) electrons. The molecule has 5 amide bonds. The molecular formula is C27H42N6O8. The number of rotatable bonds is 17. The Kier molecular flexibility index (Phi) is 14.8. The van der Waals surface area contributed by atoms with Crippen LogP contribution >= 0.6 is 0 Å². The Morgan fingerprint density at radius 1 is 0.707 bits per heavy atom. The van der Waals surface area contributed by atoms with Crippen molar-refractivity contribution in [3.05, 3.63) is 29.8 Å². The van der Waals surface area contributed by atoms with Crippen LogP contribution in [0.1, 0.15) is 46.1 Å². The van der Waals surface area contributed by atoms with Crippen molar-refractivity contribution < 1.29 is 39.0 Å². The van der Waals surface area contributed by atoms with Crippen molar-refractivity contribution in [3.8, 4) is 5.75 Å². The van der Waals surface area contributed by atoms with E-state index in [-0.39, 0.29) is 43.4 Å². The summed E-state index contributed by atoms with van der Waals surface area (Å²) in [6.45, 7) is 6.00. The van der Waals surface area contributed by atoms with Crippen LogP contribution in [0.15, 0.2) is 24.3 Å². The predicted octanol–water partition coefficient (Wildman–Crippen LogP) is -1.24. The van der Waals surface area contributed by atoms with Crippen LogP contribution in [0.4, 0.5) is 0 Å². The van der Waals surface area contributed by atoms with Crippen LogP contribution in [0, 0.1) is 11.8 Å². The highest BCUT2D eigenvalue weighted by atomic mass is 16.4. The van der Waals surface area contributed by atoms with Gasteiger partial charge in [-0.05, 0) is 42.4 Å². The normalized spacial score (nSPS) is 13.0. The third-order valence-corrected chi connectivity index (χ3v) is 5.75. The Balaban J connectivity index is 3.14. The molecule has 0 saturated carbocycles. The predicted molar refractivity (Wildman–Crippen MR) is 149 cm³/mol. The van der Waals surface area contributed by atoms with Gasteiger partial charge in [-0.2, -0.15) is 0 Å². The summed E-state index contributed by atoms with van der Waals surface area (Å²) < 4.78 is 0. The monoisotopic (exact) mass is 578 g/mol. The van der Waals surface area contributed by atoms with Crippen molar-refractivity contribution in [2.45, 2.75) is 65.1 Å². The maximum absolute atomic E-state index is 13.4. The number of carboxylic acids is 1. The molecule has 0 aliphatic heterocycles. The van der Waals surface area contributed by atoms with Crippen LogP contribution in [0.3, 0.4) is 0 Å². The summed E-state index contributed by atoms with van der Waals surface area (Å²) in [5.41, 5.74) is 5.84. The van der Waals surface area contributed by atoms with Gasteiger partial charge < -0.3 is 42.5 Å². The molecule has 1 rings (SSSR count). The van der Waals surface area contributed by atoms with Crippen molar-refractivity contribution in [3.63, 3.8) is 0 Å². The molecule has 9 N–H and O–H groups in total. The van der Waals surface area contributed by atoms with Crippen molar-refractivity contribution in [2.75, 3.05) is 19.6 Å². The fourth-order valence-corrected chi connectivity index (χ4v) is 3.81. The van der Waals surface area contributed by atoms with Crippen LogP contribution in [0.25, 0.3) is 0 Å². The number of aliphatic carboxylic acids is 1. The number of phenols is 1. The topological polar surface area (TPSA) is 229 Å². The minimum absolute atomic E-state index is 0.00623. The van der Waals surface area contributed by atoms with Crippen molar-refractivity contribution >= 4 is 35.5 Å². The molecule has 0 aromatic heterocycles. The molecule has 1 aromatic rings. The zero-order chi connectivity index (χ0) is 31.1. The van der Waals surface area contributed by atoms with Crippen LogP contribution < -0.4 is 32.3 Å². The average Bonchev–Trinajstić information content (AvgIpc) is 2.89. The van der Waals surface area contributed by atoms with Crippen LogP contribution in [0.2, 0.25) is 0 Å². The van der Waals surface area contributed by atoms with Gasteiger partial charge in [-0.15, -0.1) is 0 Å². The van der Waals surface area contributed by atoms with Gasteiger partial charge in [0, 0.05) is 6.42 Å². The van der Waals surface area contributed by atoms with Crippen molar-refractivity contribution in [1.29, 1.82) is 0 Å². The number of nitrogens with one attached hydrogen (secondary N) is 5. The van der Waals surface area contributed by atoms with Gasteiger partial charge >= 0.3 is 5.97 Å². The van der Waals surface area contributed by atoms with Gasteiger partial charge in [0.05, 0.1) is 13.1 Å². The second-order valence-corrected chi connectivity index (χ2v) is 10.5. The van der Waals surface area contributed by atoms with E-state index in [1.54, 1.807) is 12.1 Å². The molecular weight excluding hydrogens is 536 g/mol. The number of benzene rings is 1. The molecule has 1 aromatic carbocycles. The number of amides is 5. The van der Waals surface area contributed by atoms with Crippen LogP contribution in [-0.2, 0) is 35.2 Å². The smallest absolute Gasteiger partial charge is 0.322 e. The third-order valence-electron chi connectivity index (χ3n) is 5.75. The Hall–Kier alpha value is -4.20. The fourth-order valence-electron chi connectivity index (χ4n) is 3.81. The van der Waals surface area contributed by atoms with Crippen LogP contribution in [0.5, 0.6) is 5.75 Å². The van der Waals surface area contributed by atoms with Gasteiger partial charge in [0.25, 0.3) is 0 Å². The maximum Gasteiger partial charge on any atom is 0.322 e. The molecule has 0 heterocycles. The first kappa shape index (κ1) is 34.8. The second-order valence-electron chi connectivity index (χ2n) is 10.5. The molecule has 14 nitrogen and oxygen atoms in total. The average molecular weight is 579 g/mol.